The van der Waals surface area contributed by atoms with Crippen LogP contribution in [0.3, 0.4) is 0 Å². The second-order valence-corrected chi connectivity index (χ2v) is 119. The first-order chi connectivity index (χ1) is 48.8. The van der Waals surface area contributed by atoms with E-state index in [0.717, 1.165) is 21.3 Å². The van der Waals surface area contributed by atoms with Crippen LogP contribution in [0.15, 0.2) is 243 Å². The van der Waals surface area contributed by atoms with Crippen molar-refractivity contribution in [2.75, 3.05) is 21.3 Å². The number of phenolic OH excluding ortho intramolecular Hbond substituents is 5. The van der Waals surface area contributed by atoms with Gasteiger partial charge in [0.2, 0.25) is 0 Å². The number of aliphatic hydroxyl groups excluding tert-OH is 3. The van der Waals surface area contributed by atoms with Crippen molar-refractivity contribution < 1.29 is 50.4 Å². The van der Waals surface area contributed by atoms with E-state index < -0.39 is 84.5 Å². The molecule has 0 aliphatic heterocycles. The lowest BCUT2D eigenvalue weighted by molar-refractivity contribution is 0.391. The number of rotatable bonds is 15. The van der Waals surface area contributed by atoms with Crippen molar-refractivity contribution in [2.24, 2.45) is 0 Å². The first-order valence-corrected chi connectivity index (χ1v) is 76.9. The normalized spacial score (nSPS) is 10.0. The van der Waals surface area contributed by atoms with Crippen LogP contribution in [0.2, 0.25) is 163 Å². The van der Waals surface area contributed by atoms with Gasteiger partial charge in [0.05, 0.1) is 45.5 Å². The molecule has 22 heteroatoms. The maximum absolute atomic E-state index is 9.75. The molecule has 0 fully saturated rings. The van der Waals surface area contributed by atoms with E-state index >= 15 is 0 Å². The number of aromatic hydroxyl groups is 5. The van der Waals surface area contributed by atoms with E-state index in [9.17, 15) is 35.1 Å². The Morgan fingerprint density at radius 1 is 0.219 bits per heavy atom. The fourth-order valence-electron chi connectivity index (χ4n) is 10.9. The van der Waals surface area contributed by atoms with E-state index in [1.165, 1.54) is 64.7 Å². The Bertz CT molecular complexity index is 3860. The molecule has 0 bridgehead atoms. The zero-order valence-corrected chi connectivity index (χ0v) is 83.4. The maximum Gasteiger partial charge on any atom is 0.363 e. The summed E-state index contributed by atoms with van der Waals surface area (Å²) in [5.41, 5.74) is 1.28. The lowest BCUT2D eigenvalue weighted by atomic mass is 10.0. The fourth-order valence-corrected chi connectivity index (χ4v) is 44.7. The van der Waals surface area contributed by atoms with Gasteiger partial charge in [0.25, 0.3) is 0 Å². The molecule has 0 amide bonds. The van der Waals surface area contributed by atoms with Crippen LogP contribution in [-0.2, 0) is 0 Å². The molecule has 0 heterocycles. The highest BCUT2D eigenvalue weighted by atomic mass is 29.3. The van der Waals surface area contributed by atoms with Crippen LogP contribution in [0.4, 0.5) is 0 Å². The molecule has 9 aromatic rings. The Morgan fingerprint density at radius 3 is 0.641 bits per heavy atom. The molecule has 0 saturated heterocycles. The van der Waals surface area contributed by atoms with E-state index in [1.54, 1.807) is 42.5 Å². The lowest BCUT2D eigenvalue weighted by Crippen LogP contribution is -2.69. The Labute approximate surface area is 818 Å². The molecule has 0 aliphatic rings. The fraction of sp³-hybridized carbons (Fsp3) is 0.491. The van der Waals surface area contributed by atoms with Gasteiger partial charge < -0.3 is 50.4 Å². The van der Waals surface area contributed by atoms with Gasteiger partial charge in [-0.15, -0.1) is 0 Å². The van der Waals surface area contributed by atoms with E-state index in [0.29, 0.717) is 39.9 Å². The molecule has 10 N–H and O–H groups in total. The number of benzene rings is 9. The highest BCUT2D eigenvalue weighted by molar-refractivity contribution is 7.50. The third-order valence-corrected chi connectivity index (χ3v) is 114. The second kappa shape index (κ2) is 82.1. The average molecular weight is 2000 g/mol. The Balaban J connectivity index is -0.0000000466. The zero-order chi connectivity index (χ0) is 82.2. The third kappa shape index (κ3) is 57.7. The van der Waals surface area contributed by atoms with E-state index in [1.807, 2.05) is 72.8 Å². The topological polar surface area (TPSA) is 202 Å². The Morgan fingerprint density at radius 2 is 0.422 bits per heavy atom. The van der Waals surface area contributed by atoms with Crippen LogP contribution in [0, 0.1) is 0 Å². The van der Waals surface area contributed by atoms with E-state index in [2.05, 4.69) is 285 Å². The Kier molecular flexibility index (Phi) is 117. The largest absolute Gasteiger partial charge is 0.508 e. The van der Waals surface area contributed by atoms with Crippen molar-refractivity contribution in [1.82, 2.24) is 0 Å². The van der Waals surface area contributed by atoms with Gasteiger partial charge in [0.1, 0.15) is 28.7 Å². The van der Waals surface area contributed by atoms with Gasteiger partial charge in [-0.3, -0.25) is 0 Å². The van der Waals surface area contributed by atoms with Gasteiger partial charge in [0, 0.05) is 61.9 Å². The molecule has 0 aliphatic carbocycles. The van der Waals surface area contributed by atoms with Gasteiger partial charge in [-0.1, -0.05) is 545 Å². The predicted octanol–water partition coefficient (Wildman–Crippen LogP) is 28.5. The predicted molar refractivity (Wildman–Crippen MR) is 648 cm³/mol. The van der Waals surface area contributed by atoms with Crippen LogP contribution in [0.5, 0.6) is 28.7 Å². The van der Waals surface area contributed by atoms with Crippen molar-refractivity contribution in [3.63, 3.8) is 0 Å². The second-order valence-electron chi connectivity index (χ2n) is 34.1. The summed E-state index contributed by atoms with van der Waals surface area (Å²) in [6.07, 6.45) is 0. The molecule has 9 rings (SSSR count). The summed E-state index contributed by atoms with van der Waals surface area (Å²) in [4.78, 5) is 18.4. The minimum atomic E-state index is -3.03. The highest BCUT2D eigenvalue weighted by Crippen LogP contribution is 2.33. The van der Waals surface area contributed by atoms with Gasteiger partial charge in [-0.2, -0.15) is 0 Å². The van der Waals surface area contributed by atoms with Crippen molar-refractivity contribution in [3.05, 3.63) is 248 Å². The molecule has 0 radical (unpaired) electrons. The van der Waals surface area contributed by atoms with Crippen LogP contribution in [0.25, 0.3) is 0 Å². The van der Waals surface area contributed by atoms with Gasteiger partial charge in [-0.25, -0.2) is 0 Å². The molecule has 0 saturated carbocycles. The molecule has 1 unspecified atom stereocenters. The van der Waals surface area contributed by atoms with E-state index in [-0.39, 0.29) is 163 Å². The number of aliphatic hydroxyl groups is 3. The maximum atomic E-state index is 9.75. The summed E-state index contributed by atoms with van der Waals surface area (Å²) in [5.74, 6) is 2.47. The van der Waals surface area contributed by atoms with Crippen LogP contribution in [0.1, 0.15) is 182 Å². The zero-order valence-electron chi connectivity index (χ0n) is 70.4. The smallest absolute Gasteiger partial charge is 0.363 e. The lowest BCUT2D eigenvalue weighted by Gasteiger charge is -2.39. The average Bonchev–Trinajstić information content (AvgIpc) is 0.768. The minimum absolute atomic E-state index is 0. The number of phenols is 5. The highest BCUT2D eigenvalue weighted by Gasteiger charge is 2.45. The van der Waals surface area contributed by atoms with Crippen LogP contribution < -0.4 is 41.5 Å². The van der Waals surface area contributed by atoms with Gasteiger partial charge in [-0.05, 0) is 83.9 Å². The van der Waals surface area contributed by atoms with Crippen molar-refractivity contribution in [2.45, 2.75) is 339 Å². The molecule has 0 aromatic heterocycles. The summed E-state index contributed by atoms with van der Waals surface area (Å²) >= 11 is 0. The monoisotopic (exact) mass is 2000 g/mol. The molecular formula is C106H228O10Si12. The number of hydrogen-bond donors (Lipinski definition) is 10. The molecule has 9 aromatic carbocycles. The SMILES string of the molecule is C.C.C.C.C.C.C.C.C.C.C.C.C.C.C.C.C.C.C.C.C.C.CC(C[Si](C)(C)[Si](C)(C)C)c1cccc(O)c1.CO.CO.CO.C[Si](C)(C)[Si](C)(C)c1ccc(O)cc1.C[Si](C)(C)[Si](C)(C)c1cccc(O)c1.C[Si](C)(c1ccccc1)[Si](C)(C)c1ccc(O)cc1.C[Si](C)(c1ccccc1)[Si](C)(C)c1cccc(O)c1.C[Si](O)(O)c1ccccc1.[SiH3]c1ccccc1. The standard InChI is InChI=1S/2C16H22OSi2.C14H26OSi2.2C11H20OSi2.C7H10O2Si.C6H8Si.3CH4O.22CH4/c1-18(2,15-10-6-5-7-11-15)19(3,4)16-12-8-9-14(17)13-16;1-18(2,15-8-6-5-7-9-15)19(3,4)16-12-10-14(17)11-13-16;1-12(11-17(5,6)16(2,3)4)13-8-7-9-14(15)10-13;1-13(2,3)14(4,5)11-8-6-10(12)7-9-11;1-13(2,3)14(4,5)11-8-6-7-10(12)9-11;1-10(8,9)7-5-3-2-4-6-7;7-6-4-2-1-3-5-6;3*1-2;;;;;;;;;;;;;;;;;;;;;;/h2*5-13,17H,1-4H3;7-10,12,15H,11H2,1-6H3;2*6-9,12H,1-5H3;2-6,8-9H,1H3;1-5H,7H3;3*2H,1H3;22*1H4. The summed E-state index contributed by atoms with van der Waals surface area (Å²) in [7, 11) is -12.0. The summed E-state index contributed by atoms with van der Waals surface area (Å²) in [6, 6.07) is 81.6. The van der Waals surface area contributed by atoms with E-state index in [4.69, 9.17) is 15.3 Å². The molecule has 0 spiro atoms. The van der Waals surface area contributed by atoms with Crippen molar-refractivity contribution in [3.8, 4) is 28.7 Å². The first-order valence-electron chi connectivity index (χ1n) is 36.8. The van der Waals surface area contributed by atoms with Crippen LogP contribution in [-0.4, -0.2) is 166 Å². The van der Waals surface area contributed by atoms with Gasteiger partial charge in [0.15, 0.2) is 0 Å². The summed E-state index contributed by atoms with van der Waals surface area (Å²) < 4.78 is 0. The Hall–Kier alpha value is -5.62. The van der Waals surface area contributed by atoms with Crippen molar-refractivity contribution >= 4 is 136 Å². The minimum Gasteiger partial charge on any atom is -0.508 e. The molecular weight excluding hydrogens is 1770 g/mol. The molecule has 128 heavy (non-hydrogen) atoms. The summed E-state index contributed by atoms with van der Waals surface area (Å²) in [5, 5.41) is 79.3. The first kappa shape index (κ1) is 183. The summed E-state index contributed by atoms with van der Waals surface area (Å²) in [6.45, 7) is 60.2. The molecule has 10 nitrogen and oxygen atoms in total. The van der Waals surface area contributed by atoms with Crippen molar-refractivity contribution in [1.29, 1.82) is 0 Å². The van der Waals surface area contributed by atoms with Crippen LogP contribution >= 0.6 is 0 Å². The van der Waals surface area contributed by atoms with Gasteiger partial charge >= 0.3 is 8.56 Å². The molecule has 1 atom stereocenters. The quantitative estimate of drug-likeness (QED) is 0.0440. The third-order valence-electron chi connectivity index (χ3n) is 22.7. The number of hydrogen-bond acceptors (Lipinski definition) is 10. The molecule has 760 valence electrons.